The van der Waals surface area contributed by atoms with Crippen LogP contribution in [-0.2, 0) is 21.9 Å². The second-order valence-electron chi connectivity index (χ2n) is 9.09. The number of carbonyl (C=O) groups excluding carboxylic acids is 1. The minimum Gasteiger partial charge on any atom is -0.481 e. The maximum atomic E-state index is 12.9. The number of H-pyrrole nitrogens is 1. The number of aliphatic carboxylic acids is 2. The van der Waals surface area contributed by atoms with Crippen LogP contribution >= 0.6 is 11.8 Å². The standard InChI is InChI=1S/C29H26N6O6S/c1-2-14-35(20-7-5-19(6-8-20)26(38)33-23(28(40)41)10-11-25(36)37)16-18-4-9-22-21(15-18)27(39)34-24(32-22)17-42-29-30-12-3-13-31-29/h1,3-9,12-13,15,23H,10-11,14,16-17H2,(H,33,38)(H,36,37)(H,40,41)(H,32,34,39). The molecule has 0 aliphatic carbocycles. The number of thioether (sulfide) groups is 1. The maximum absolute atomic E-state index is 12.9. The Labute approximate surface area is 244 Å². The fraction of sp³-hybridized carbons (Fsp3) is 0.207. The number of rotatable bonds is 13. The molecule has 1 unspecified atom stereocenters. The van der Waals surface area contributed by atoms with E-state index in [9.17, 15) is 24.3 Å². The highest BCUT2D eigenvalue weighted by molar-refractivity contribution is 7.98. The van der Waals surface area contributed by atoms with Gasteiger partial charge in [-0.15, -0.1) is 6.42 Å². The van der Waals surface area contributed by atoms with Gasteiger partial charge in [0.25, 0.3) is 11.5 Å². The number of fused-ring (bicyclic) bond motifs is 1. The normalized spacial score (nSPS) is 11.4. The van der Waals surface area contributed by atoms with E-state index in [1.807, 2.05) is 11.0 Å². The fourth-order valence-corrected chi connectivity index (χ4v) is 4.73. The lowest BCUT2D eigenvalue weighted by Gasteiger charge is -2.23. The number of nitrogens with one attached hydrogen (secondary N) is 2. The molecule has 0 bridgehead atoms. The van der Waals surface area contributed by atoms with Gasteiger partial charge in [0.15, 0.2) is 5.16 Å². The highest BCUT2D eigenvalue weighted by Gasteiger charge is 2.22. The summed E-state index contributed by atoms with van der Waals surface area (Å²) in [5.74, 6) is 0.408. The van der Waals surface area contributed by atoms with Crippen LogP contribution < -0.4 is 15.8 Å². The number of hydrogen-bond acceptors (Lipinski definition) is 9. The molecule has 0 spiro atoms. The Morgan fingerprint density at radius 3 is 2.50 bits per heavy atom. The minimum absolute atomic E-state index is 0.206. The quantitative estimate of drug-likeness (QED) is 0.103. The number of carboxylic acids is 2. The average Bonchev–Trinajstić information content (AvgIpc) is 2.98. The molecule has 214 valence electrons. The number of aromatic amines is 1. The molecule has 0 saturated heterocycles. The van der Waals surface area contributed by atoms with Crippen LogP contribution in [0.3, 0.4) is 0 Å². The van der Waals surface area contributed by atoms with E-state index in [2.05, 4.69) is 31.2 Å². The van der Waals surface area contributed by atoms with Gasteiger partial charge in [-0.05, 0) is 54.4 Å². The zero-order valence-corrected chi connectivity index (χ0v) is 23.0. The van der Waals surface area contributed by atoms with Gasteiger partial charge in [0.2, 0.25) is 0 Å². The summed E-state index contributed by atoms with van der Waals surface area (Å²) in [5.41, 5.74) is 2.00. The van der Waals surface area contributed by atoms with Crippen molar-refractivity contribution >= 4 is 46.2 Å². The molecule has 2 heterocycles. The summed E-state index contributed by atoms with van der Waals surface area (Å²) < 4.78 is 0. The Balaban J connectivity index is 1.46. The van der Waals surface area contributed by atoms with E-state index in [-0.39, 0.29) is 24.1 Å². The molecule has 2 aromatic carbocycles. The third-order valence-corrected chi connectivity index (χ3v) is 6.99. The predicted molar refractivity (Wildman–Crippen MR) is 156 cm³/mol. The molecule has 0 aliphatic rings. The van der Waals surface area contributed by atoms with E-state index >= 15 is 0 Å². The smallest absolute Gasteiger partial charge is 0.326 e. The summed E-state index contributed by atoms with van der Waals surface area (Å²) in [6.45, 7) is 0.608. The van der Waals surface area contributed by atoms with Crippen molar-refractivity contribution in [2.75, 3.05) is 11.4 Å². The number of amides is 1. The van der Waals surface area contributed by atoms with Gasteiger partial charge in [0.1, 0.15) is 11.9 Å². The first-order valence-electron chi connectivity index (χ1n) is 12.7. The lowest BCUT2D eigenvalue weighted by molar-refractivity contribution is -0.140. The summed E-state index contributed by atoms with van der Waals surface area (Å²) in [7, 11) is 0. The van der Waals surface area contributed by atoms with Crippen LogP contribution in [0.25, 0.3) is 10.9 Å². The van der Waals surface area contributed by atoms with Crippen molar-refractivity contribution in [3.8, 4) is 12.3 Å². The fourth-order valence-electron chi connectivity index (χ4n) is 4.05. The van der Waals surface area contributed by atoms with Crippen molar-refractivity contribution < 1.29 is 24.6 Å². The molecule has 4 aromatic rings. The first-order chi connectivity index (χ1) is 20.2. The van der Waals surface area contributed by atoms with Crippen molar-refractivity contribution in [3.63, 3.8) is 0 Å². The van der Waals surface area contributed by atoms with E-state index in [1.165, 1.54) is 23.9 Å². The SMILES string of the molecule is C#CCN(Cc1ccc2nc(CSc3ncccn3)[nH]c(=O)c2c1)c1ccc(C(=O)NC(CCC(=O)O)C(=O)O)cc1. The van der Waals surface area contributed by atoms with Crippen molar-refractivity contribution in [2.45, 2.75) is 36.3 Å². The molecular formula is C29H26N6O6S. The Morgan fingerprint density at radius 2 is 1.83 bits per heavy atom. The monoisotopic (exact) mass is 586 g/mol. The minimum atomic E-state index is -1.33. The highest BCUT2D eigenvalue weighted by Crippen LogP contribution is 2.21. The number of nitrogens with zero attached hydrogens (tertiary/aromatic N) is 4. The predicted octanol–water partition coefficient (Wildman–Crippen LogP) is 2.69. The molecule has 0 saturated carbocycles. The van der Waals surface area contributed by atoms with Crippen molar-refractivity contribution in [1.82, 2.24) is 25.3 Å². The van der Waals surface area contributed by atoms with Gasteiger partial charge in [0, 0.05) is 36.6 Å². The van der Waals surface area contributed by atoms with E-state index in [0.29, 0.717) is 39.9 Å². The molecule has 1 amide bonds. The Morgan fingerprint density at radius 1 is 1.10 bits per heavy atom. The molecule has 4 N–H and O–H groups in total. The van der Waals surface area contributed by atoms with Gasteiger partial charge in [-0.1, -0.05) is 23.7 Å². The van der Waals surface area contributed by atoms with Gasteiger partial charge in [-0.2, -0.15) is 0 Å². The summed E-state index contributed by atoms with van der Waals surface area (Å²) in [4.78, 5) is 65.2. The summed E-state index contributed by atoms with van der Waals surface area (Å²) in [6, 6.07) is 12.2. The molecule has 12 nitrogen and oxygen atoms in total. The molecule has 2 aromatic heterocycles. The maximum Gasteiger partial charge on any atom is 0.326 e. The molecule has 42 heavy (non-hydrogen) atoms. The Hall–Kier alpha value is -5.22. The van der Waals surface area contributed by atoms with Crippen LogP contribution in [0.5, 0.6) is 0 Å². The van der Waals surface area contributed by atoms with E-state index in [0.717, 1.165) is 5.56 Å². The van der Waals surface area contributed by atoms with Gasteiger partial charge in [-0.25, -0.2) is 19.7 Å². The molecule has 0 radical (unpaired) electrons. The van der Waals surface area contributed by atoms with Crippen LogP contribution in [-0.4, -0.2) is 60.6 Å². The molecule has 1 atom stereocenters. The van der Waals surface area contributed by atoms with Crippen LogP contribution in [0.15, 0.2) is 70.9 Å². The van der Waals surface area contributed by atoms with E-state index < -0.39 is 30.3 Å². The van der Waals surface area contributed by atoms with E-state index in [1.54, 1.807) is 42.7 Å². The van der Waals surface area contributed by atoms with Crippen molar-refractivity contribution in [3.05, 3.63) is 88.2 Å². The van der Waals surface area contributed by atoms with Crippen LogP contribution in [0, 0.1) is 12.3 Å². The van der Waals surface area contributed by atoms with Crippen molar-refractivity contribution in [2.24, 2.45) is 0 Å². The second-order valence-corrected chi connectivity index (χ2v) is 10.0. The third kappa shape index (κ3) is 7.92. The second kappa shape index (κ2) is 13.9. The topological polar surface area (TPSA) is 178 Å². The number of anilines is 1. The van der Waals surface area contributed by atoms with Crippen molar-refractivity contribution in [1.29, 1.82) is 0 Å². The zero-order valence-electron chi connectivity index (χ0n) is 22.2. The molecule has 0 aliphatic heterocycles. The molecule has 13 heteroatoms. The van der Waals surface area contributed by atoms with Crippen LogP contribution in [0.4, 0.5) is 5.69 Å². The van der Waals surface area contributed by atoms with Crippen LogP contribution in [0.1, 0.15) is 34.6 Å². The first-order valence-corrected chi connectivity index (χ1v) is 13.7. The number of aromatic nitrogens is 4. The van der Waals surface area contributed by atoms with Crippen LogP contribution in [0.2, 0.25) is 0 Å². The number of carboxylic acid groups (broad SMARTS) is 2. The lowest BCUT2D eigenvalue weighted by Crippen LogP contribution is -2.41. The first kappa shape index (κ1) is 29.8. The zero-order chi connectivity index (χ0) is 30.1. The largest absolute Gasteiger partial charge is 0.481 e. The summed E-state index contributed by atoms with van der Waals surface area (Å²) in [5, 5.41) is 21.5. The lowest BCUT2D eigenvalue weighted by atomic mass is 10.1. The third-order valence-electron chi connectivity index (χ3n) is 6.10. The van der Waals surface area contributed by atoms with Gasteiger partial charge >= 0.3 is 11.9 Å². The Kier molecular flexibility index (Phi) is 9.85. The summed E-state index contributed by atoms with van der Waals surface area (Å²) >= 11 is 1.36. The molecule has 0 fully saturated rings. The van der Waals surface area contributed by atoms with E-state index in [4.69, 9.17) is 11.5 Å². The summed E-state index contributed by atoms with van der Waals surface area (Å²) in [6.07, 6.45) is 8.26. The van der Waals surface area contributed by atoms with Gasteiger partial charge < -0.3 is 25.4 Å². The Bertz CT molecular complexity index is 1690. The number of carbonyl (C=O) groups is 3. The number of hydrogen-bond donors (Lipinski definition) is 4. The molecular weight excluding hydrogens is 560 g/mol. The average molecular weight is 587 g/mol. The van der Waals surface area contributed by atoms with Gasteiger partial charge in [-0.3, -0.25) is 14.4 Å². The number of benzene rings is 2. The molecule has 4 rings (SSSR count). The highest BCUT2D eigenvalue weighted by atomic mass is 32.2. The number of terminal acetylenes is 1. The van der Waals surface area contributed by atoms with Gasteiger partial charge in [0.05, 0.1) is 23.2 Å².